The van der Waals surface area contributed by atoms with Gasteiger partial charge < -0.3 is 0 Å². The first kappa shape index (κ1) is 5.78. The van der Waals surface area contributed by atoms with E-state index in [1.165, 1.54) is 6.42 Å². The maximum absolute atomic E-state index is 4.32. The van der Waals surface area contributed by atoms with E-state index in [4.69, 9.17) is 0 Å². The molecule has 2 bridgehead atoms. The maximum Gasteiger partial charge on any atom is 0.100 e. The molecular formula is C8H10N4. The molecule has 4 rings (SSSR count). The van der Waals surface area contributed by atoms with Crippen LogP contribution in [0.4, 0.5) is 0 Å². The number of rotatable bonds is 0. The van der Waals surface area contributed by atoms with Gasteiger partial charge in [0.2, 0.25) is 0 Å². The highest BCUT2D eigenvalue weighted by Gasteiger charge is 2.62. The minimum atomic E-state index is 0.524. The zero-order valence-electron chi connectivity index (χ0n) is 6.67. The summed E-state index contributed by atoms with van der Waals surface area (Å²) in [6, 6.07) is 1.63. The lowest BCUT2D eigenvalue weighted by molar-refractivity contribution is 0.210. The molecule has 0 spiro atoms. The molecule has 4 heteroatoms. The van der Waals surface area contributed by atoms with Gasteiger partial charge in [-0.3, -0.25) is 0 Å². The molecule has 2 aliphatic carbocycles. The van der Waals surface area contributed by atoms with Crippen LogP contribution in [0.5, 0.6) is 0 Å². The average Bonchev–Trinajstić information content (AvgIpc) is 2.56. The topological polar surface area (TPSA) is 49.4 Å². The van der Waals surface area contributed by atoms with Crippen molar-refractivity contribution in [1.29, 1.82) is 0 Å². The zero-order chi connectivity index (χ0) is 7.71. The van der Waals surface area contributed by atoms with Crippen LogP contribution in [0.3, 0.4) is 0 Å². The maximum atomic E-state index is 4.32. The van der Waals surface area contributed by atoms with Crippen LogP contribution in [-0.2, 0) is 0 Å². The second kappa shape index (κ2) is 1.60. The quantitative estimate of drug-likeness (QED) is 0.515. The van der Waals surface area contributed by atoms with Crippen LogP contribution in [0.15, 0.2) is 20.5 Å². The lowest BCUT2D eigenvalue weighted by atomic mass is 9.79. The van der Waals surface area contributed by atoms with Crippen LogP contribution in [0.1, 0.15) is 6.42 Å². The van der Waals surface area contributed by atoms with E-state index < -0.39 is 0 Å². The molecule has 4 nitrogen and oxygen atoms in total. The molecule has 0 saturated heterocycles. The van der Waals surface area contributed by atoms with Crippen molar-refractivity contribution < 1.29 is 0 Å². The summed E-state index contributed by atoms with van der Waals surface area (Å²) in [5, 5.41) is 16.9. The fraction of sp³-hybridized carbons (Fsp3) is 1.00. The molecular weight excluding hydrogens is 152 g/mol. The van der Waals surface area contributed by atoms with Gasteiger partial charge in [0.05, 0.1) is 18.6 Å². The van der Waals surface area contributed by atoms with Crippen molar-refractivity contribution in [2.75, 3.05) is 6.54 Å². The van der Waals surface area contributed by atoms with Crippen molar-refractivity contribution in [1.82, 2.24) is 0 Å². The predicted molar refractivity (Wildman–Crippen MR) is 41.0 cm³/mol. The van der Waals surface area contributed by atoms with Gasteiger partial charge in [-0.2, -0.15) is 20.5 Å². The van der Waals surface area contributed by atoms with E-state index >= 15 is 0 Å². The molecule has 0 amide bonds. The highest BCUT2D eigenvalue weighted by atomic mass is 15.3. The minimum Gasteiger partial charge on any atom is -0.194 e. The molecule has 0 aromatic rings. The van der Waals surface area contributed by atoms with Crippen LogP contribution in [0.2, 0.25) is 0 Å². The van der Waals surface area contributed by atoms with Crippen LogP contribution >= 0.6 is 0 Å². The van der Waals surface area contributed by atoms with Gasteiger partial charge in [0.15, 0.2) is 0 Å². The van der Waals surface area contributed by atoms with E-state index in [1.807, 2.05) is 0 Å². The highest BCUT2D eigenvalue weighted by molar-refractivity contribution is 5.17. The standard InChI is InChI=1S/C8H10N4/c1-3-5-2-9-10-6(5)4(1)8-7(3)11-12-8/h3-8H,1-2H2/t3-,4+,5?,6?,7-,8+/m0/s1. The Bertz CT molecular complexity index is 297. The number of fused-ring (bicyclic) bond motifs is 8. The number of hydrogen-bond acceptors (Lipinski definition) is 4. The zero-order valence-corrected chi connectivity index (χ0v) is 6.67. The van der Waals surface area contributed by atoms with E-state index in [9.17, 15) is 0 Å². The van der Waals surface area contributed by atoms with Gasteiger partial charge in [-0.25, -0.2) is 0 Å². The summed E-state index contributed by atoms with van der Waals surface area (Å²) >= 11 is 0. The molecule has 6 atom stereocenters. The molecule has 12 heavy (non-hydrogen) atoms. The molecule has 0 radical (unpaired) electrons. The molecule has 2 aliphatic heterocycles. The third kappa shape index (κ3) is 0.424. The first-order chi connectivity index (χ1) is 5.95. The predicted octanol–water partition coefficient (Wildman–Crippen LogP) is 1.29. The summed E-state index contributed by atoms with van der Waals surface area (Å²) in [4.78, 5) is 0. The van der Waals surface area contributed by atoms with Crippen molar-refractivity contribution in [3.8, 4) is 0 Å². The number of nitrogens with zero attached hydrogens (tertiary/aromatic N) is 4. The normalized spacial score (nSPS) is 63.3. The molecule has 0 aromatic heterocycles. The van der Waals surface area contributed by atoms with Gasteiger partial charge in [-0.1, -0.05) is 0 Å². The molecule has 4 aliphatic rings. The summed E-state index contributed by atoms with van der Waals surface area (Å²) < 4.78 is 0. The summed E-state index contributed by atoms with van der Waals surface area (Å²) in [7, 11) is 0. The smallest absolute Gasteiger partial charge is 0.100 e. The minimum absolute atomic E-state index is 0.524. The van der Waals surface area contributed by atoms with Crippen LogP contribution in [-0.4, -0.2) is 24.7 Å². The third-order valence-electron chi connectivity index (χ3n) is 4.04. The Kier molecular flexibility index (Phi) is 0.772. The summed E-state index contributed by atoms with van der Waals surface area (Å²) in [5.41, 5.74) is 0. The van der Waals surface area contributed by atoms with E-state index in [1.54, 1.807) is 0 Å². The van der Waals surface area contributed by atoms with Gasteiger partial charge in [0.1, 0.15) is 6.04 Å². The van der Waals surface area contributed by atoms with Gasteiger partial charge in [-0.15, -0.1) is 0 Å². The highest BCUT2D eigenvalue weighted by Crippen LogP contribution is 2.57. The fourth-order valence-electron chi connectivity index (χ4n) is 3.48. The van der Waals surface area contributed by atoms with Gasteiger partial charge >= 0.3 is 0 Å². The third-order valence-corrected chi connectivity index (χ3v) is 4.04. The summed E-state index contributed by atoms with van der Waals surface area (Å²) in [6.07, 6.45) is 1.32. The Balaban J connectivity index is 1.82. The Morgan fingerprint density at radius 3 is 2.42 bits per heavy atom. The SMILES string of the molecule is C1N=NC2C1[C@@H]1C[C@H]2[C@H]2N=N[C@H]21. The van der Waals surface area contributed by atoms with Crippen molar-refractivity contribution >= 4 is 0 Å². The monoisotopic (exact) mass is 162 g/mol. The van der Waals surface area contributed by atoms with E-state index in [0.717, 1.165) is 18.4 Å². The molecule has 0 aromatic carbocycles. The van der Waals surface area contributed by atoms with Gasteiger partial charge in [-0.05, 0) is 12.3 Å². The lowest BCUT2D eigenvalue weighted by Crippen LogP contribution is -2.45. The Hall–Kier alpha value is -0.800. The Labute approximate surface area is 70.2 Å². The van der Waals surface area contributed by atoms with Gasteiger partial charge in [0, 0.05) is 11.8 Å². The van der Waals surface area contributed by atoms with Crippen LogP contribution in [0, 0.1) is 17.8 Å². The second-order valence-electron chi connectivity index (χ2n) is 4.37. The number of azo groups is 2. The Morgan fingerprint density at radius 2 is 1.58 bits per heavy atom. The fourth-order valence-corrected chi connectivity index (χ4v) is 3.48. The largest absolute Gasteiger partial charge is 0.194 e. The first-order valence-electron chi connectivity index (χ1n) is 4.72. The molecule has 2 fully saturated rings. The second-order valence-corrected chi connectivity index (χ2v) is 4.37. The van der Waals surface area contributed by atoms with Crippen LogP contribution in [0.25, 0.3) is 0 Å². The molecule has 2 heterocycles. The van der Waals surface area contributed by atoms with Gasteiger partial charge in [0.25, 0.3) is 0 Å². The van der Waals surface area contributed by atoms with Crippen LogP contribution < -0.4 is 0 Å². The van der Waals surface area contributed by atoms with Crippen molar-refractivity contribution in [2.45, 2.75) is 24.5 Å². The van der Waals surface area contributed by atoms with E-state index in [2.05, 4.69) is 20.5 Å². The molecule has 2 saturated carbocycles. The molecule has 2 unspecified atom stereocenters. The molecule has 0 N–H and O–H groups in total. The first-order valence-corrected chi connectivity index (χ1v) is 4.72. The van der Waals surface area contributed by atoms with E-state index in [-0.39, 0.29) is 0 Å². The Morgan fingerprint density at radius 1 is 0.750 bits per heavy atom. The van der Waals surface area contributed by atoms with Crippen molar-refractivity contribution in [3.63, 3.8) is 0 Å². The summed E-state index contributed by atoms with van der Waals surface area (Å²) in [6.45, 7) is 0.963. The van der Waals surface area contributed by atoms with E-state index in [0.29, 0.717) is 24.0 Å². The van der Waals surface area contributed by atoms with Crippen molar-refractivity contribution in [2.24, 2.45) is 38.2 Å². The summed E-state index contributed by atoms with van der Waals surface area (Å²) in [5.74, 6) is 2.21. The van der Waals surface area contributed by atoms with Crippen molar-refractivity contribution in [3.05, 3.63) is 0 Å². The lowest BCUT2D eigenvalue weighted by Gasteiger charge is -2.35. The molecule has 62 valence electrons. The average molecular weight is 162 g/mol. The number of hydrogen-bond donors (Lipinski definition) is 0.